The normalized spacial score (nSPS) is 9.81. The van der Waals surface area contributed by atoms with E-state index in [1.165, 1.54) is 0 Å². The minimum absolute atomic E-state index is 0.0962. The van der Waals surface area contributed by atoms with Gasteiger partial charge in [0.1, 0.15) is 0 Å². The van der Waals surface area contributed by atoms with Crippen LogP contribution in [0.3, 0.4) is 0 Å². The first kappa shape index (κ1) is 10.3. The molecule has 2 rings (SSSR count). The Morgan fingerprint density at radius 3 is 2.38 bits per heavy atom. The van der Waals surface area contributed by atoms with Gasteiger partial charge in [-0.3, -0.25) is 14.8 Å². The van der Waals surface area contributed by atoms with Crippen LogP contribution in [-0.2, 0) is 0 Å². The number of hydrogen-bond donors (Lipinski definition) is 0. The van der Waals surface area contributed by atoms with Crippen molar-refractivity contribution in [3.63, 3.8) is 0 Å². The fourth-order valence-corrected chi connectivity index (χ4v) is 1.35. The maximum absolute atomic E-state index is 12.0. The summed E-state index contributed by atoms with van der Waals surface area (Å²) in [6, 6.07) is 7.11. The van der Waals surface area contributed by atoms with Crippen LogP contribution in [0.5, 0.6) is 0 Å². The summed E-state index contributed by atoms with van der Waals surface area (Å²) >= 11 is 0. The monoisotopic (exact) mass is 213 g/mol. The highest BCUT2D eigenvalue weighted by Gasteiger charge is 2.12. The molecule has 0 aromatic carbocycles. The van der Waals surface area contributed by atoms with Gasteiger partial charge >= 0.3 is 0 Å². The average Bonchev–Trinajstić information content (AvgIpc) is 2.39. The Kier molecular flexibility index (Phi) is 2.91. The number of rotatable bonds is 2. The standard InChI is InChI=1S/C12H11N3O/c1-15(11-5-3-7-14-9-11)12(16)10-4-2-6-13-8-10/h2-9H,1H3. The van der Waals surface area contributed by atoms with Crippen molar-refractivity contribution < 1.29 is 4.79 Å². The Hall–Kier alpha value is -2.23. The van der Waals surface area contributed by atoms with Crippen molar-refractivity contribution in [3.8, 4) is 0 Å². The second-order valence-corrected chi connectivity index (χ2v) is 3.32. The van der Waals surface area contributed by atoms with Crippen molar-refractivity contribution in [2.45, 2.75) is 0 Å². The van der Waals surface area contributed by atoms with Gasteiger partial charge in [-0.1, -0.05) is 0 Å². The van der Waals surface area contributed by atoms with Gasteiger partial charge in [-0.05, 0) is 24.3 Å². The molecule has 4 nitrogen and oxygen atoms in total. The van der Waals surface area contributed by atoms with Crippen LogP contribution in [-0.4, -0.2) is 22.9 Å². The highest BCUT2D eigenvalue weighted by atomic mass is 16.2. The summed E-state index contributed by atoms with van der Waals surface area (Å²) in [6.45, 7) is 0. The minimum atomic E-state index is -0.0962. The van der Waals surface area contributed by atoms with Crippen molar-refractivity contribution in [2.75, 3.05) is 11.9 Å². The second kappa shape index (κ2) is 4.53. The quantitative estimate of drug-likeness (QED) is 0.763. The molecule has 16 heavy (non-hydrogen) atoms. The van der Waals surface area contributed by atoms with Crippen LogP contribution in [0.15, 0.2) is 49.1 Å². The van der Waals surface area contributed by atoms with Gasteiger partial charge in [0, 0.05) is 25.6 Å². The SMILES string of the molecule is CN(C(=O)c1cccnc1)c1cccnc1. The number of carbonyl (C=O) groups is 1. The molecule has 0 aliphatic heterocycles. The lowest BCUT2D eigenvalue weighted by Crippen LogP contribution is -2.26. The Balaban J connectivity index is 2.24. The lowest BCUT2D eigenvalue weighted by Gasteiger charge is -2.16. The summed E-state index contributed by atoms with van der Waals surface area (Å²) in [4.78, 5) is 21.4. The molecule has 0 atom stereocenters. The van der Waals surface area contributed by atoms with E-state index in [1.54, 1.807) is 54.9 Å². The summed E-state index contributed by atoms with van der Waals surface area (Å²) in [5, 5.41) is 0. The van der Waals surface area contributed by atoms with Crippen LogP contribution in [0, 0.1) is 0 Å². The molecule has 0 bridgehead atoms. The first-order chi connectivity index (χ1) is 7.79. The first-order valence-electron chi connectivity index (χ1n) is 4.87. The first-order valence-corrected chi connectivity index (χ1v) is 4.87. The predicted octanol–water partition coefficient (Wildman–Crippen LogP) is 1.75. The predicted molar refractivity (Wildman–Crippen MR) is 61.2 cm³/mol. The number of hydrogen-bond acceptors (Lipinski definition) is 3. The van der Waals surface area contributed by atoms with Gasteiger partial charge in [0.05, 0.1) is 17.4 Å². The van der Waals surface area contributed by atoms with Crippen LogP contribution in [0.25, 0.3) is 0 Å². The molecule has 0 unspecified atom stereocenters. The third-order valence-corrected chi connectivity index (χ3v) is 2.25. The molecule has 4 heteroatoms. The molecule has 0 radical (unpaired) electrons. The molecular weight excluding hydrogens is 202 g/mol. The summed E-state index contributed by atoms with van der Waals surface area (Å²) in [7, 11) is 1.71. The second-order valence-electron chi connectivity index (χ2n) is 3.32. The highest BCUT2D eigenvalue weighted by Crippen LogP contribution is 2.12. The molecule has 0 N–H and O–H groups in total. The summed E-state index contributed by atoms with van der Waals surface area (Å²) in [6.07, 6.45) is 6.51. The Labute approximate surface area is 93.6 Å². The van der Waals surface area contributed by atoms with Crippen molar-refractivity contribution >= 4 is 11.6 Å². The van der Waals surface area contributed by atoms with E-state index >= 15 is 0 Å². The molecule has 0 spiro atoms. The number of aromatic nitrogens is 2. The van der Waals surface area contributed by atoms with Gasteiger partial charge < -0.3 is 4.90 Å². The summed E-state index contributed by atoms with van der Waals surface area (Å²) < 4.78 is 0. The lowest BCUT2D eigenvalue weighted by molar-refractivity contribution is 0.0992. The Bertz CT molecular complexity index is 470. The summed E-state index contributed by atoms with van der Waals surface area (Å²) in [5.41, 5.74) is 1.32. The van der Waals surface area contributed by atoms with Gasteiger partial charge in [-0.2, -0.15) is 0 Å². The fraction of sp³-hybridized carbons (Fsp3) is 0.0833. The molecule has 2 aromatic rings. The molecule has 0 aliphatic carbocycles. The van der Waals surface area contributed by atoms with Crippen molar-refractivity contribution in [2.24, 2.45) is 0 Å². The summed E-state index contributed by atoms with van der Waals surface area (Å²) in [5.74, 6) is -0.0962. The zero-order valence-electron chi connectivity index (χ0n) is 8.87. The average molecular weight is 213 g/mol. The smallest absolute Gasteiger partial charge is 0.259 e. The Morgan fingerprint density at radius 1 is 1.12 bits per heavy atom. The minimum Gasteiger partial charge on any atom is -0.310 e. The van der Waals surface area contributed by atoms with E-state index in [0.29, 0.717) is 5.56 Å². The van der Waals surface area contributed by atoms with Crippen LogP contribution >= 0.6 is 0 Å². The van der Waals surface area contributed by atoms with Crippen LogP contribution in [0.4, 0.5) is 5.69 Å². The third-order valence-electron chi connectivity index (χ3n) is 2.25. The van der Waals surface area contributed by atoms with E-state index in [4.69, 9.17) is 0 Å². The van der Waals surface area contributed by atoms with E-state index in [1.807, 2.05) is 6.07 Å². The third kappa shape index (κ3) is 2.06. The number of nitrogens with zero attached hydrogens (tertiary/aromatic N) is 3. The van der Waals surface area contributed by atoms with E-state index in [9.17, 15) is 4.79 Å². The van der Waals surface area contributed by atoms with E-state index in [2.05, 4.69) is 9.97 Å². The molecule has 0 saturated heterocycles. The van der Waals surface area contributed by atoms with Crippen LogP contribution < -0.4 is 4.90 Å². The molecule has 2 heterocycles. The van der Waals surface area contributed by atoms with E-state index in [0.717, 1.165) is 5.69 Å². The van der Waals surface area contributed by atoms with Gasteiger partial charge in [0.25, 0.3) is 5.91 Å². The zero-order chi connectivity index (χ0) is 11.4. The molecular formula is C12H11N3O. The van der Waals surface area contributed by atoms with Gasteiger partial charge in [0.15, 0.2) is 0 Å². The molecule has 0 aliphatic rings. The van der Waals surface area contributed by atoms with Crippen LogP contribution in [0.1, 0.15) is 10.4 Å². The van der Waals surface area contributed by atoms with Crippen molar-refractivity contribution in [1.29, 1.82) is 0 Å². The maximum Gasteiger partial charge on any atom is 0.259 e. The van der Waals surface area contributed by atoms with Crippen molar-refractivity contribution in [1.82, 2.24) is 9.97 Å². The molecule has 1 amide bonds. The molecule has 0 fully saturated rings. The van der Waals surface area contributed by atoms with Crippen LogP contribution in [0.2, 0.25) is 0 Å². The zero-order valence-corrected chi connectivity index (χ0v) is 8.87. The van der Waals surface area contributed by atoms with E-state index < -0.39 is 0 Å². The number of carbonyl (C=O) groups excluding carboxylic acids is 1. The number of amides is 1. The lowest BCUT2D eigenvalue weighted by atomic mass is 10.2. The maximum atomic E-state index is 12.0. The molecule has 2 aromatic heterocycles. The van der Waals surface area contributed by atoms with Gasteiger partial charge in [-0.15, -0.1) is 0 Å². The fourth-order valence-electron chi connectivity index (χ4n) is 1.35. The van der Waals surface area contributed by atoms with E-state index in [-0.39, 0.29) is 5.91 Å². The van der Waals surface area contributed by atoms with Gasteiger partial charge in [0.2, 0.25) is 0 Å². The molecule has 80 valence electrons. The molecule has 0 saturated carbocycles. The Morgan fingerprint density at radius 2 is 1.81 bits per heavy atom. The largest absolute Gasteiger partial charge is 0.310 e. The van der Waals surface area contributed by atoms with Crippen molar-refractivity contribution in [3.05, 3.63) is 54.6 Å². The number of pyridine rings is 2. The topological polar surface area (TPSA) is 46.1 Å². The van der Waals surface area contributed by atoms with Gasteiger partial charge in [-0.25, -0.2) is 0 Å². The number of anilines is 1. The highest BCUT2D eigenvalue weighted by molar-refractivity contribution is 6.05.